The van der Waals surface area contributed by atoms with E-state index >= 15 is 0 Å². The molecular formula is C14H9BrN2S. The molecule has 0 fully saturated rings. The van der Waals surface area contributed by atoms with Gasteiger partial charge in [-0.05, 0) is 29.2 Å². The highest BCUT2D eigenvalue weighted by Crippen LogP contribution is 2.33. The summed E-state index contributed by atoms with van der Waals surface area (Å²) in [4.78, 5) is 1.11. The lowest BCUT2D eigenvalue weighted by Gasteiger charge is -2.01. The smallest absolute Gasteiger partial charge is 0.113 e. The van der Waals surface area contributed by atoms with Crippen molar-refractivity contribution in [3.8, 4) is 21.7 Å². The van der Waals surface area contributed by atoms with Gasteiger partial charge in [0.05, 0.1) is 4.88 Å². The maximum absolute atomic E-state index is 4.25. The van der Waals surface area contributed by atoms with E-state index in [4.69, 9.17) is 0 Å². The lowest BCUT2D eigenvalue weighted by Crippen LogP contribution is -1.81. The molecule has 1 heterocycles. The average Bonchev–Trinajstić information content (AvgIpc) is 2.90. The summed E-state index contributed by atoms with van der Waals surface area (Å²) in [6.45, 7) is 0. The number of hydrogen-bond donors (Lipinski definition) is 0. The predicted molar refractivity (Wildman–Crippen MR) is 78.5 cm³/mol. The fourth-order valence-electron chi connectivity index (χ4n) is 1.77. The molecule has 0 aliphatic carbocycles. The normalized spacial score (nSPS) is 10.5. The second kappa shape index (κ2) is 5.00. The van der Waals surface area contributed by atoms with Gasteiger partial charge in [-0.2, -0.15) is 0 Å². The zero-order valence-corrected chi connectivity index (χ0v) is 11.8. The van der Waals surface area contributed by atoms with Gasteiger partial charge < -0.3 is 0 Å². The van der Waals surface area contributed by atoms with Gasteiger partial charge in [-0.25, -0.2) is 0 Å². The molecule has 0 atom stereocenters. The first kappa shape index (κ1) is 11.6. The van der Waals surface area contributed by atoms with Crippen molar-refractivity contribution < 1.29 is 0 Å². The number of aromatic nitrogens is 2. The molecule has 0 radical (unpaired) electrons. The Balaban J connectivity index is 2.10. The summed E-state index contributed by atoms with van der Waals surface area (Å²) >= 11 is 4.87. The second-order valence-electron chi connectivity index (χ2n) is 3.82. The van der Waals surface area contributed by atoms with Crippen LogP contribution in [0.25, 0.3) is 21.7 Å². The minimum Gasteiger partial charge on any atom is -0.137 e. The highest BCUT2D eigenvalue weighted by Gasteiger charge is 2.11. The van der Waals surface area contributed by atoms with Crippen molar-refractivity contribution in [3.63, 3.8) is 0 Å². The summed E-state index contributed by atoms with van der Waals surface area (Å²) in [5.74, 6) is 0. The Bertz CT molecular complexity index is 647. The van der Waals surface area contributed by atoms with Crippen LogP contribution < -0.4 is 0 Å². The quantitative estimate of drug-likeness (QED) is 0.688. The molecule has 2 nitrogen and oxygen atoms in total. The van der Waals surface area contributed by atoms with Crippen molar-refractivity contribution >= 4 is 27.5 Å². The van der Waals surface area contributed by atoms with E-state index in [0.717, 1.165) is 26.2 Å². The minimum absolute atomic E-state index is 0.943. The summed E-state index contributed by atoms with van der Waals surface area (Å²) in [6.07, 6.45) is 0. The van der Waals surface area contributed by atoms with Crippen LogP contribution in [0.5, 0.6) is 0 Å². The van der Waals surface area contributed by atoms with Crippen LogP contribution in [0.15, 0.2) is 59.1 Å². The van der Waals surface area contributed by atoms with E-state index in [-0.39, 0.29) is 0 Å². The van der Waals surface area contributed by atoms with Crippen molar-refractivity contribution in [3.05, 3.63) is 59.1 Å². The molecule has 0 aliphatic heterocycles. The van der Waals surface area contributed by atoms with E-state index in [2.05, 4.69) is 37.6 Å². The molecule has 2 aromatic carbocycles. The van der Waals surface area contributed by atoms with Crippen LogP contribution in [0.4, 0.5) is 0 Å². The predicted octanol–water partition coefficient (Wildman–Crippen LogP) is 4.63. The van der Waals surface area contributed by atoms with E-state index in [1.165, 1.54) is 11.5 Å². The molecule has 4 heteroatoms. The van der Waals surface area contributed by atoms with E-state index in [9.17, 15) is 0 Å². The van der Waals surface area contributed by atoms with Crippen LogP contribution >= 0.6 is 27.5 Å². The number of halogens is 1. The molecule has 88 valence electrons. The average molecular weight is 317 g/mol. The molecule has 3 aromatic rings. The van der Waals surface area contributed by atoms with Gasteiger partial charge in [-0.3, -0.25) is 0 Å². The molecule has 0 bridgehead atoms. The monoisotopic (exact) mass is 316 g/mol. The summed E-state index contributed by atoms with van der Waals surface area (Å²) < 4.78 is 5.14. The van der Waals surface area contributed by atoms with Crippen LogP contribution in [0.2, 0.25) is 0 Å². The van der Waals surface area contributed by atoms with Crippen molar-refractivity contribution in [2.75, 3.05) is 0 Å². The van der Waals surface area contributed by atoms with E-state index in [1.54, 1.807) is 0 Å². The van der Waals surface area contributed by atoms with E-state index < -0.39 is 0 Å². The van der Waals surface area contributed by atoms with E-state index in [1.807, 2.05) is 42.5 Å². The number of rotatable bonds is 2. The highest BCUT2D eigenvalue weighted by atomic mass is 79.9. The molecule has 0 unspecified atom stereocenters. The number of hydrogen-bond acceptors (Lipinski definition) is 3. The molecule has 1 aromatic heterocycles. The van der Waals surface area contributed by atoms with Gasteiger partial charge in [0.25, 0.3) is 0 Å². The van der Waals surface area contributed by atoms with Gasteiger partial charge in [0, 0.05) is 10.0 Å². The zero-order chi connectivity index (χ0) is 12.4. The van der Waals surface area contributed by atoms with Crippen molar-refractivity contribution in [2.24, 2.45) is 0 Å². The molecule has 0 amide bonds. The fourth-order valence-corrected chi connectivity index (χ4v) is 2.72. The van der Waals surface area contributed by atoms with Crippen molar-refractivity contribution in [2.45, 2.75) is 0 Å². The van der Waals surface area contributed by atoms with Crippen LogP contribution in [0.1, 0.15) is 0 Å². The molecule has 0 saturated heterocycles. The third kappa shape index (κ3) is 2.21. The van der Waals surface area contributed by atoms with Crippen LogP contribution in [-0.2, 0) is 0 Å². The van der Waals surface area contributed by atoms with Gasteiger partial charge in [0.1, 0.15) is 5.69 Å². The lowest BCUT2D eigenvalue weighted by molar-refractivity contribution is 1.16. The van der Waals surface area contributed by atoms with Gasteiger partial charge in [-0.15, -0.1) is 5.10 Å². The minimum atomic E-state index is 0.943. The molecule has 3 rings (SSSR count). The van der Waals surface area contributed by atoms with Crippen LogP contribution in [0.3, 0.4) is 0 Å². The number of nitrogens with zero attached hydrogens (tertiary/aromatic N) is 2. The third-order valence-corrected chi connectivity index (χ3v) is 3.95. The maximum Gasteiger partial charge on any atom is 0.113 e. The molecule has 0 spiro atoms. The molecule has 0 aliphatic rings. The molecule has 0 N–H and O–H groups in total. The topological polar surface area (TPSA) is 25.8 Å². The molecule has 18 heavy (non-hydrogen) atoms. The first-order chi connectivity index (χ1) is 8.84. The fraction of sp³-hybridized carbons (Fsp3) is 0. The summed E-state index contributed by atoms with van der Waals surface area (Å²) in [6, 6.07) is 18.4. The summed E-state index contributed by atoms with van der Waals surface area (Å²) in [5, 5.41) is 4.25. The lowest BCUT2D eigenvalue weighted by atomic mass is 10.1. The summed E-state index contributed by atoms with van der Waals surface area (Å²) in [7, 11) is 0. The maximum atomic E-state index is 4.25. The zero-order valence-electron chi connectivity index (χ0n) is 9.38. The van der Waals surface area contributed by atoms with Crippen molar-refractivity contribution in [1.82, 2.24) is 9.59 Å². The highest BCUT2D eigenvalue weighted by molar-refractivity contribution is 9.10. The van der Waals surface area contributed by atoms with Crippen LogP contribution in [0, 0.1) is 0 Å². The van der Waals surface area contributed by atoms with Gasteiger partial charge in [0.15, 0.2) is 0 Å². The molecule has 0 saturated carbocycles. The Morgan fingerprint density at radius 1 is 0.833 bits per heavy atom. The van der Waals surface area contributed by atoms with Gasteiger partial charge in [0.2, 0.25) is 0 Å². The first-order valence-corrected chi connectivity index (χ1v) is 7.05. The Morgan fingerprint density at radius 3 is 2.28 bits per heavy atom. The Morgan fingerprint density at radius 2 is 1.56 bits per heavy atom. The largest absolute Gasteiger partial charge is 0.137 e. The Labute approximate surface area is 118 Å². The van der Waals surface area contributed by atoms with Crippen LogP contribution in [-0.4, -0.2) is 9.59 Å². The van der Waals surface area contributed by atoms with Crippen molar-refractivity contribution in [1.29, 1.82) is 0 Å². The standard InChI is InChI=1S/C14H9BrN2S/c15-12-8-6-10(7-9-12)13-14(18-17-16-13)11-4-2-1-3-5-11/h1-9H. The number of benzene rings is 2. The first-order valence-electron chi connectivity index (χ1n) is 5.48. The Kier molecular flexibility index (Phi) is 3.21. The summed E-state index contributed by atoms with van der Waals surface area (Å²) in [5.41, 5.74) is 3.19. The second-order valence-corrected chi connectivity index (χ2v) is 5.49. The molecular weight excluding hydrogens is 308 g/mol. The van der Waals surface area contributed by atoms with Gasteiger partial charge >= 0.3 is 0 Å². The Hall–Kier alpha value is -1.52. The van der Waals surface area contributed by atoms with Gasteiger partial charge in [-0.1, -0.05) is 62.9 Å². The van der Waals surface area contributed by atoms with E-state index in [0.29, 0.717) is 0 Å². The SMILES string of the molecule is Brc1ccc(-c2nnsc2-c2ccccc2)cc1. The third-order valence-electron chi connectivity index (χ3n) is 2.64.